The Labute approximate surface area is 108 Å². The zero-order valence-electron chi connectivity index (χ0n) is 11.4. The largest absolute Gasteiger partial charge is 0.271 e. The second-order valence-electron chi connectivity index (χ2n) is 5.92. The van der Waals surface area contributed by atoms with Crippen molar-refractivity contribution in [2.24, 2.45) is 17.2 Å². The molecule has 2 atom stereocenters. The van der Waals surface area contributed by atoms with Crippen molar-refractivity contribution < 1.29 is 8.78 Å². The molecule has 1 aromatic rings. The van der Waals surface area contributed by atoms with Crippen LogP contribution in [0.1, 0.15) is 45.7 Å². The molecule has 102 valence electrons. The summed E-state index contributed by atoms with van der Waals surface area (Å²) in [6.07, 6.45) is 0.725. The van der Waals surface area contributed by atoms with E-state index in [0.29, 0.717) is 11.5 Å². The van der Waals surface area contributed by atoms with Gasteiger partial charge in [-0.15, -0.1) is 0 Å². The molecule has 0 aromatic heterocycles. The summed E-state index contributed by atoms with van der Waals surface area (Å²) in [5, 5.41) is 0. The highest BCUT2D eigenvalue weighted by Gasteiger charge is 2.24. The zero-order valence-corrected chi connectivity index (χ0v) is 11.4. The van der Waals surface area contributed by atoms with Crippen molar-refractivity contribution in [1.29, 1.82) is 0 Å². The Morgan fingerprint density at radius 2 is 1.67 bits per heavy atom. The van der Waals surface area contributed by atoms with Gasteiger partial charge >= 0.3 is 0 Å². The summed E-state index contributed by atoms with van der Waals surface area (Å²) >= 11 is 0. The third-order valence-electron chi connectivity index (χ3n) is 3.56. The van der Waals surface area contributed by atoms with E-state index in [4.69, 9.17) is 5.84 Å². The molecule has 0 amide bonds. The molecule has 0 aliphatic heterocycles. The predicted octanol–water partition coefficient (Wildman–Crippen LogP) is 3.54. The zero-order chi connectivity index (χ0) is 13.9. The van der Waals surface area contributed by atoms with Crippen LogP contribution in [0.4, 0.5) is 8.78 Å². The second kappa shape index (κ2) is 5.76. The molecule has 0 radical (unpaired) electrons. The van der Waals surface area contributed by atoms with Crippen molar-refractivity contribution in [2.45, 2.75) is 40.2 Å². The van der Waals surface area contributed by atoms with Crippen molar-refractivity contribution in [1.82, 2.24) is 5.43 Å². The van der Waals surface area contributed by atoms with Crippen LogP contribution in [0, 0.1) is 23.0 Å². The number of halogens is 2. The average molecular weight is 256 g/mol. The fourth-order valence-electron chi connectivity index (χ4n) is 1.78. The fourth-order valence-corrected chi connectivity index (χ4v) is 1.78. The lowest BCUT2D eigenvalue weighted by Crippen LogP contribution is -2.32. The van der Waals surface area contributed by atoms with Crippen LogP contribution < -0.4 is 11.3 Å². The van der Waals surface area contributed by atoms with Crippen LogP contribution in [0.25, 0.3) is 0 Å². The number of nitrogens with two attached hydrogens (primary N) is 1. The van der Waals surface area contributed by atoms with Crippen LogP contribution in [0.15, 0.2) is 18.2 Å². The molecule has 0 saturated carbocycles. The van der Waals surface area contributed by atoms with Crippen LogP contribution >= 0.6 is 0 Å². The normalized spacial score (nSPS) is 15.5. The Morgan fingerprint density at radius 3 is 2.06 bits per heavy atom. The van der Waals surface area contributed by atoms with Gasteiger partial charge in [0.1, 0.15) is 11.6 Å². The number of benzene rings is 1. The minimum absolute atomic E-state index is 0.126. The molecule has 0 aliphatic rings. The number of rotatable bonds is 4. The first-order chi connectivity index (χ1) is 8.24. The Kier molecular flexibility index (Phi) is 4.82. The third-order valence-corrected chi connectivity index (χ3v) is 3.56. The van der Waals surface area contributed by atoms with E-state index < -0.39 is 11.6 Å². The van der Waals surface area contributed by atoms with Crippen LogP contribution in [0.5, 0.6) is 0 Å². The summed E-state index contributed by atoms with van der Waals surface area (Å²) in [6, 6.07) is 3.26. The van der Waals surface area contributed by atoms with Crippen LogP contribution in [0.2, 0.25) is 0 Å². The van der Waals surface area contributed by atoms with Crippen LogP contribution in [-0.2, 0) is 0 Å². The molecule has 4 heteroatoms. The standard InChI is InChI=1S/C14H22F2N2/c1-9(14(2,3)4)5-13(18-17)10-6-11(15)8-12(16)7-10/h6-9,13,18H,5,17H2,1-4H3. The van der Waals surface area contributed by atoms with E-state index in [1.165, 1.54) is 12.1 Å². The number of hydrazine groups is 1. The fraction of sp³-hybridized carbons (Fsp3) is 0.571. The average Bonchev–Trinajstić information content (AvgIpc) is 2.22. The van der Waals surface area contributed by atoms with Gasteiger partial charge in [0.05, 0.1) is 0 Å². The summed E-state index contributed by atoms with van der Waals surface area (Å²) in [7, 11) is 0. The first-order valence-corrected chi connectivity index (χ1v) is 6.16. The molecule has 0 bridgehead atoms. The SMILES string of the molecule is CC(CC(NN)c1cc(F)cc(F)c1)C(C)(C)C. The Hall–Kier alpha value is -1.00. The highest BCUT2D eigenvalue weighted by atomic mass is 19.1. The maximum absolute atomic E-state index is 13.2. The van der Waals surface area contributed by atoms with Gasteiger partial charge in [-0.3, -0.25) is 11.3 Å². The van der Waals surface area contributed by atoms with E-state index in [1.807, 2.05) is 0 Å². The highest BCUT2D eigenvalue weighted by molar-refractivity contribution is 5.21. The van der Waals surface area contributed by atoms with Gasteiger partial charge in [-0.05, 0) is 35.4 Å². The monoisotopic (exact) mass is 256 g/mol. The maximum Gasteiger partial charge on any atom is 0.126 e. The molecule has 0 heterocycles. The molecule has 2 nitrogen and oxygen atoms in total. The number of hydrogen-bond donors (Lipinski definition) is 2. The molecule has 1 aromatic carbocycles. The molecule has 2 unspecified atom stereocenters. The first-order valence-electron chi connectivity index (χ1n) is 6.16. The molecule has 1 rings (SSSR count). The smallest absolute Gasteiger partial charge is 0.126 e. The summed E-state index contributed by atoms with van der Waals surface area (Å²) in [4.78, 5) is 0. The van der Waals surface area contributed by atoms with Crippen LogP contribution in [-0.4, -0.2) is 0 Å². The molecule has 0 aliphatic carbocycles. The number of hydrogen-bond acceptors (Lipinski definition) is 2. The topological polar surface area (TPSA) is 38.0 Å². The lowest BCUT2D eigenvalue weighted by Gasteiger charge is -2.30. The minimum Gasteiger partial charge on any atom is -0.271 e. The quantitative estimate of drug-likeness (QED) is 0.638. The Balaban J connectivity index is 2.89. The Morgan fingerprint density at radius 1 is 1.17 bits per heavy atom. The lowest BCUT2D eigenvalue weighted by atomic mass is 9.77. The van der Waals surface area contributed by atoms with E-state index in [1.54, 1.807) is 0 Å². The van der Waals surface area contributed by atoms with E-state index in [9.17, 15) is 8.78 Å². The van der Waals surface area contributed by atoms with Gasteiger partial charge in [0.15, 0.2) is 0 Å². The molecular formula is C14H22F2N2. The third kappa shape index (κ3) is 4.03. The predicted molar refractivity (Wildman–Crippen MR) is 69.7 cm³/mol. The van der Waals surface area contributed by atoms with Crippen molar-refractivity contribution in [3.63, 3.8) is 0 Å². The Bertz CT molecular complexity index is 379. The van der Waals surface area contributed by atoms with Crippen LogP contribution in [0.3, 0.4) is 0 Å². The van der Waals surface area contributed by atoms with Gasteiger partial charge in [-0.2, -0.15) is 0 Å². The molecular weight excluding hydrogens is 234 g/mol. The molecule has 3 N–H and O–H groups in total. The summed E-state index contributed by atoms with van der Waals surface area (Å²) < 4.78 is 26.4. The van der Waals surface area contributed by atoms with Gasteiger partial charge in [0.2, 0.25) is 0 Å². The van der Waals surface area contributed by atoms with Crippen molar-refractivity contribution >= 4 is 0 Å². The van der Waals surface area contributed by atoms with Gasteiger partial charge in [-0.1, -0.05) is 27.7 Å². The van der Waals surface area contributed by atoms with Gasteiger partial charge in [0.25, 0.3) is 0 Å². The van der Waals surface area contributed by atoms with Crippen molar-refractivity contribution in [3.8, 4) is 0 Å². The summed E-state index contributed by atoms with van der Waals surface area (Å²) in [5.41, 5.74) is 3.32. The van der Waals surface area contributed by atoms with Gasteiger partial charge < -0.3 is 0 Å². The number of nitrogens with one attached hydrogen (secondary N) is 1. The van der Waals surface area contributed by atoms with Gasteiger partial charge in [0, 0.05) is 12.1 Å². The van der Waals surface area contributed by atoms with E-state index in [-0.39, 0.29) is 11.5 Å². The lowest BCUT2D eigenvalue weighted by molar-refractivity contribution is 0.223. The maximum atomic E-state index is 13.2. The molecule has 0 fully saturated rings. The van der Waals surface area contributed by atoms with Gasteiger partial charge in [-0.25, -0.2) is 8.78 Å². The molecule has 0 saturated heterocycles. The van der Waals surface area contributed by atoms with Crippen molar-refractivity contribution in [2.75, 3.05) is 0 Å². The van der Waals surface area contributed by atoms with E-state index >= 15 is 0 Å². The summed E-state index contributed by atoms with van der Waals surface area (Å²) in [6.45, 7) is 8.52. The molecule has 18 heavy (non-hydrogen) atoms. The van der Waals surface area contributed by atoms with E-state index in [0.717, 1.165) is 12.5 Å². The van der Waals surface area contributed by atoms with E-state index in [2.05, 4.69) is 33.1 Å². The molecule has 0 spiro atoms. The summed E-state index contributed by atoms with van der Waals surface area (Å²) in [5.74, 6) is 4.72. The first kappa shape index (κ1) is 15.1. The second-order valence-corrected chi connectivity index (χ2v) is 5.92. The highest BCUT2D eigenvalue weighted by Crippen LogP contribution is 2.33. The van der Waals surface area contributed by atoms with Crippen molar-refractivity contribution in [3.05, 3.63) is 35.4 Å². The minimum atomic E-state index is -0.575.